The average Bonchev–Trinajstić information content (AvgIpc) is 2.32. The highest BCUT2D eigenvalue weighted by Gasteiger charge is 2.35. The van der Waals surface area contributed by atoms with Gasteiger partial charge in [-0.3, -0.25) is 0 Å². The summed E-state index contributed by atoms with van der Waals surface area (Å²) in [6.45, 7) is 6.43. The normalized spacial score (nSPS) is 31.5. The molecule has 0 bridgehead atoms. The quantitative estimate of drug-likeness (QED) is 0.692. The van der Waals surface area contributed by atoms with Gasteiger partial charge in [0, 0.05) is 19.1 Å². The van der Waals surface area contributed by atoms with Crippen molar-refractivity contribution in [2.75, 3.05) is 13.1 Å². The van der Waals surface area contributed by atoms with Crippen molar-refractivity contribution in [1.82, 2.24) is 4.31 Å². The first-order valence-electron chi connectivity index (χ1n) is 4.60. The molecule has 2 N–H and O–H groups in total. The predicted molar refractivity (Wildman–Crippen MR) is 52.8 cm³/mol. The summed E-state index contributed by atoms with van der Waals surface area (Å²) in [5, 5.41) is -0.343. The summed E-state index contributed by atoms with van der Waals surface area (Å²) in [5.41, 5.74) is 5.76. The highest BCUT2D eigenvalue weighted by molar-refractivity contribution is 7.89. The maximum absolute atomic E-state index is 11.7. The molecule has 0 amide bonds. The molecule has 0 aromatic rings. The van der Waals surface area contributed by atoms with Crippen molar-refractivity contribution in [2.45, 2.75) is 32.1 Å². The monoisotopic (exact) mass is 206 g/mol. The van der Waals surface area contributed by atoms with Gasteiger partial charge in [-0.2, -0.15) is 4.31 Å². The maximum Gasteiger partial charge on any atom is 0.216 e. The van der Waals surface area contributed by atoms with Crippen LogP contribution < -0.4 is 5.73 Å². The average molecular weight is 206 g/mol. The molecule has 0 aromatic carbocycles. The lowest BCUT2D eigenvalue weighted by Crippen LogP contribution is -2.36. The van der Waals surface area contributed by atoms with E-state index in [2.05, 4.69) is 0 Å². The van der Waals surface area contributed by atoms with Gasteiger partial charge < -0.3 is 5.73 Å². The zero-order valence-corrected chi connectivity index (χ0v) is 9.21. The van der Waals surface area contributed by atoms with Crippen LogP contribution in [0.4, 0.5) is 0 Å². The first-order valence-corrected chi connectivity index (χ1v) is 6.10. The second-order valence-electron chi connectivity index (χ2n) is 4.05. The van der Waals surface area contributed by atoms with Crippen LogP contribution in [0.3, 0.4) is 0 Å². The Bertz CT molecular complexity index is 264. The predicted octanol–water partition coefficient (Wildman–Crippen LogP) is 0.00360. The second kappa shape index (κ2) is 3.55. The highest BCUT2D eigenvalue weighted by Crippen LogP contribution is 2.20. The molecule has 1 aliphatic heterocycles. The Morgan fingerprint density at radius 3 is 2.23 bits per heavy atom. The Morgan fingerprint density at radius 1 is 1.38 bits per heavy atom. The van der Waals surface area contributed by atoms with Crippen molar-refractivity contribution in [3.63, 3.8) is 0 Å². The van der Waals surface area contributed by atoms with Crippen LogP contribution in [-0.2, 0) is 10.0 Å². The standard InChI is InChI=1S/C8H18N2O2S/c1-6(2)13(11,12)10-4-7(3)8(9)5-10/h6-8H,4-5,9H2,1-3H3. The zero-order chi connectivity index (χ0) is 10.2. The van der Waals surface area contributed by atoms with Crippen molar-refractivity contribution in [3.05, 3.63) is 0 Å². The molecule has 1 fully saturated rings. The van der Waals surface area contributed by atoms with E-state index in [1.807, 2.05) is 6.92 Å². The molecule has 0 spiro atoms. The van der Waals surface area contributed by atoms with Crippen molar-refractivity contribution in [1.29, 1.82) is 0 Å². The molecule has 1 aliphatic rings. The van der Waals surface area contributed by atoms with Crippen molar-refractivity contribution >= 4 is 10.0 Å². The topological polar surface area (TPSA) is 63.4 Å². The molecular formula is C8H18N2O2S. The lowest BCUT2D eigenvalue weighted by atomic mass is 10.1. The highest BCUT2D eigenvalue weighted by atomic mass is 32.2. The van der Waals surface area contributed by atoms with E-state index >= 15 is 0 Å². The van der Waals surface area contributed by atoms with Gasteiger partial charge in [-0.1, -0.05) is 6.92 Å². The van der Waals surface area contributed by atoms with E-state index in [9.17, 15) is 8.42 Å². The van der Waals surface area contributed by atoms with E-state index in [-0.39, 0.29) is 17.2 Å². The minimum absolute atomic E-state index is 0.00600. The number of rotatable bonds is 2. The minimum atomic E-state index is -3.09. The van der Waals surface area contributed by atoms with Gasteiger partial charge in [0.15, 0.2) is 0 Å². The van der Waals surface area contributed by atoms with E-state index in [0.29, 0.717) is 13.1 Å². The number of sulfonamides is 1. The third-order valence-corrected chi connectivity index (χ3v) is 4.80. The van der Waals surface area contributed by atoms with Gasteiger partial charge in [0.25, 0.3) is 0 Å². The van der Waals surface area contributed by atoms with Crippen LogP contribution in [0.2, 0.25) is 0 Å². The van der Waals surface area contributed by atoms with Crippen LogP contribution >= 0.6 is 0 Å². The van der Waals surface area contributed by atoms with Crippen LogP contribution in [0, 0.1) is 5.92 Å². The molecule has 1 heterocycles. The number of hydrogen-bond donors (Lipinski definition) is 1. The van der Waals surface area contributed by atoms with Gasteiger partial charge in [-0.05, 0) is 19.8 Å². The summed E-state index contributed by atoms with van der Waals surface area (Å²) in [6.07, 6.45) is 0. The first kappa shape index (κ1) is 10.9. The Morgan fingerprint density at radius 2 is 1.92 bits per heavy atom. The Balaban J connectivity index is 2.77. The smallest absolute Gasteiger partial charge is 0.216 e. The van der Waals surface area contributed by atoms with E-state index in [1.165, 1.54) is 4.31 Å². The van der Waals surface area contributed by atoms with E-state index in [0.717, 1.165) is 0 Å². The Labute approximate surface area is 80.1 Å². The summed E-state index contributed by atoms with van der Waals surface area (Å²) in [6, 6.07) is -0.00600. The van der Waals surface area contributed by atoms with Gasteiger partial charge in [0.1, 0.15) is 0 Å². The molecule has 0 aromatic heterocycles. The van der Waals surface area contributed by atoms with Gasteiger partial charge >= 0.3 is 0 Å². The fraction of sp³-hybridized carbons (Fsp3) is 1.00. The number of nitrogens with zero attached hydrogens (tertiary/aromatic N) is 1. The SMILES string of the molecule is CC1CN(S(=O)(=O)C(C)C)CC1N. The lowest BCUT2D eigenvalue weighted by molar-refractivity contribution is 0.457. The zero-order valence-electron chi connectivity index (χ0n) is 8.40. The summed E-state index contributed by atoms with van der Waals surface area (Å²) >= 11 is 0. The molecule has 0 radical (unpaired) electrons. The second-order valence-corrected chi connectivity index (χ2v) is 6.54. The maximum atomic E-state index is 11.7. The molecule has 5 heteroatoms. The molecule has 13 heavy (non-hydrogen) atoms. The molecule has 2 atom stereocenters. The van der Waals surface area contributed by atoms with E-state index in [4.69, 9.17) is 5.73 Å². The van der Waals surface area contributed by atoms with Gasteiger partial charge in [0.2, 0.25) is 10.0 Å². The summed E-state index contributed by atoms with van der Waals surface area (Å²) < 4.78 is 24.9. The van der Waals surface area contributed by atoms with Crippen LogP contribution in [0.1, 0.15) is 20.8 Å². The Hall–Kier alpha value is -0.130. The van der Waals surface area contributed by atoms with Crippen molar-refractivity contribution < 1.29 is 8.42 Å². The third-order valence-electron chi connectivity index (χ3n) is 2.59. The fourth-order valence-electron chi connectivity index (χ4n) is 1.45. The van der Waals surface area contributed by atoms with Crippen LogP contribution in [0.25, 0.3) is 0 Å². The van der Waals surface area contributed by atoms with E-state index in [1.54, 1.807) is 13.8 Å². The summed E-state index contributed by atoms with van der Waals surface area (Å²) in [4.78, 5) is 0. The number of nitrogens with two attached hydrogens (primary N) is 1. The third kappa shape index (κ3) is 2.03. The largest absolute Gasteiger partial charge is 0.326 e. The van der Waals surface area contributed by atoms with Gasteiger partial charge in [-0.25, -0.2) is 8.42 Å². The van der Waals surface area contributed by atoms with Crippen molar-refractivity contribution in [2.24, 2.45) is 11.7 Å². The fourth-order valence-corrected chi connectivity index (χ4v) is 2.87. The molecule has 4 nitrogen and oxygen atoms in total. The minimum Gasteiger partial charge on any atom is -0.326 e. The molecule has 1 saturated heterocycles. The Kier molecular flexibility index (Phi) is 2.99. The molecule has 1 rings (SSSR count). The molecule has 0 saturated carbocycles. The molecule has 78 valence electrons. The summed E-state index contributed by atoms with van der Waals surface area (Å²) in [7, 11) is -3.09. The van der Waals surface area contributed by atoms with Crippen LogP contribution in [0.5, 0.6) is 0 Å². The first-order chi connectivity index (χ1) is 5.85. The van der Waals surface area contributed by atoms with Crippen molar-refractivity contribution in [3.8, 4) is 0 Å². The van der Waals surface area contributed by atoms with Gasteiger partial charge in [0.05, 0.1) is 5.25 Å². The van der Waals surface area contributed by atoms with E-state index < -0.39 is 10.0 Å². The molecular weight excluding hydrogens is 188 g/mol. The lowest BCUT2D eigenvalue weighted by Gasteiger charge is -2.18. The molecule has 2 unspecified atom stereocenters. The van der Waals surface area contributed by atoms with Gasteiger partial charge in [-0.15, -0.1) is 0 Å². The molecule has 0 aliphatic carbocycles. The van der Waals surface area contributed by atoms with Crippen LogP contribution in [0.15, 0.2) is 0 Å². The number of hydrogen-bond acceptors (Lipinski definition) is 3. The summed E-state index contributed by atoms with van der Waals surface area (Å²) in [5.74, 6) is 0.272. The van der Waals surface area contributed by atoms with Crippen LogP contribution in [-0.4, -0.2) is 37.1 Å².